The molecule has 11 heavy (non-hydrogen) atoms. The lowest BCUT2D eigenvalue weighted by Crippen LogP contribution is -2.10. The summed E-state index contributed by atoms with van der Waals surface area (Å²) in [5.74, 6) is -0.451. The van der Waals surface area contributed by atoms with Gasteiger partial charge in [-0.3, -0.25) is 4.79 Å². The van der Waals surface area contributed by atoms with Crippen LogP contribution in [0.4, 0.5) is 0 Å². The van der Waals surface area contributed by atoms with E-state index in [2.05, 4.69) is 4.98 Å². The monoisotopic (exact) mass is 214 g/mol. The van der Waals surface area contributed by atoms with E-state index in [0.29, 0.717) is 5.01 Å². The number of thiazole rings is 1. The van der Waals surface area contributed by atoms with E-state index in [1.165, 1.54) is 11.3 Å². The van der Waals surface area contributed by atoms with Gasteiger partial charge in [-0.1, -0.05) is 0 Å². The van der Waals surface area contributed by atoms with Gasteiger partial charge in [0.15, 0.2) is 5.01 Å². The van der Waals surface area contributed by atoms with Gasteiger partial charge >= 0.3 is 0 Å². The number of hydrogen-bond acceptors (Lipinski definition) is 3. The minimum Gasteiger partial charge on any atom is -0.364 e. The molecule has 0 atom stereocenters. The molecule has 0 aliphatic carbocycles. The summed E-state index contributed by atoms with van der Waals surface area (Å²) in [7, 11) is 0. The van der Waals surface area contributed by atoms with Crippen LogP contribution >= 0.6 is 36.2 Å². The van der Waals surface area contributed by atoms with E-state index in [1.54, 1.807) is 5.38 Å². The molecule has 0 aliphatic heterocycles. The van der Waals surface area contributed by atoms with Gasteiger partial charge in [-0.05, 0) is 6.92 Å². The number of rotatable bonds is 1. The molecule has 1 heterocycles. The molecule has 2 N–H and O–H groups in total. The van der Waals surface area contributed by atoms with Crippen LogP contribution in [0.25, 0.3) is 0 Å². The van der Waals surface area contributed by atoms with Gasteiger partial charge < -0.3 is 5.73 Å². The number of primary amides is 1. The third-order valence-corrected chi connectivity index (χ3v) is 1.80. The van der Waals surface area contributed by atoms with E-state index in [0.717, 1.165) is 5.69 Å². The van der Waals surface area contributed by atoms with Gasteiger partial charge in [0.2, 0.25) is 0 Å². The van der Waals surface area contributed by atoms with E-state index < -0.39 is 5.91 Å². The van der Waals surface area contributed by atoms with Crippen LogP contribution in [-0.4, -0.2) is 10.9 Å². The van der Waals surface area contributed by atoms with Crippen LogP contribution in [0.3, 0.4) is 0 Å². The number of halogens is 2. The first-order chi connectivity index (χ1) is 4.20. The predicted octanol–water partition coefficient (Wildman–Crippen LogP) is 1.39. The van der Waals surface area contributed by atoms with Crippen molar-refractivity contribution >= 4 is 42.1 Å². The molecule has 6 heteroatoms. The first kappa shape index (κ1) is 13.3. The van der Waals surface area contributed by atoms with Crippen molar-refractivity contribution in [1.29, 1.82) is 0 Å². The highest BCUT2D eigenvalue weighted by Crippen LogP contribution is 2.06. The average Bonchev–Trinajstić information content (AvgIpc) is 2.14. The lowest BCUT2D eigenvalue weighted by Gasteiger charge is -1.80. The van der Waals surface area contributed by atoms with Crippen molar-refractivity contribution in [3.8, 4) is 0 Å². The molecule has 0 aromatic carbocycles. The van der Waals surface area contributed by atoms with Crippen LogP contribution in [0.1, 0.15) is 15.5 Å². The maximum Gasteiger partial charge on any atom is 0.277 e. The summed E-state index contributed by atoms with van der Waals surface area (Å²) >= 11 is 1.27. The molecule has 1 rings (SSSR count). The molecule has 0 radical (unpaired) electrons. The van der Waals surface area contributed by atoms with E-state index in [-0.39, 0.29) is 24.8 Å². The SMILES string of the molecule is Cc1csc(C(N)=O)n1.Cl.Cl. The van der Waals surface area contributed by atoms with Crippen molar-refractivity contribution in [3.63, 3.8) is 0 Å². The topological polar surface area (TPSA) is 56.0 Å². The smallest absolute Gasteiger partial charge is 0.277 e. The Morgan fingerprint density at radius 2 is 2.18 bits per heavy atom. The molecule has 0 aliphatic rings. The molecular formula is C5H8Cl2N2OS. The van der Waals surface area contributed by atoms with Crippen molar-refractivity contribution in [2.24, 2.45) is 5.73 Å². The van der Waals surface area contributed by atoms with Crippen LogP contribution in [0.15, 0.2) is 5.38 Å². The minimum absolute atomic E-state index is 0. The van der Waals surface area contributed by atoms with E-state index >= 15 is 0 Å². The molecule has 1 aromatic heterocycles. The van der Waals surface area contributed by atoms with Crippen LogP contribution in [0.2, 0.25) is 0 Å². The highest BCUT2D eigenvalue weighted by atomic mass is 35.5. The summed E-state index contributed by atoms with van der Waals surface area (Å²) < 4.78 is 0. The minimum atomic E-state index is -0.451. The van der Waals surface area contributed by atoms with Gasteiger partial charge in [0.05, 0.1) is 0 Å². The van der Waals surface area contributed by atoms with Gasteiger partial charge in [0.1, 0.15) is 0 Å². The number of aryl methyl sites for hydroxylation is 1. The first-order valence-corrected chi connectivity index (χ1v) is 3.30. The average molecular weight is 215 g/mol. The summed E-state index contributed by atoms with van der Waals surface area (Å²) in [5, 5.41) is 2.17. The fourth-order valence-electron chi connectivity index (χ4n) is 0.467. The van der Waals surface area contributed by atoms with Crippen LogP contribution in [0.5, 0.6) is 0 Å². The zero-order chi connectivity index (χ0) is 6.85. The molecule has 0 saturated heterocycles. The molecule has 0 fully saturated rings. The maximum absolute atomic E-state index is 10.4. The summed E-state index contributed by atoms with van der Waals surface area (Å²) in [6, 6.07) is 0. The number of nitrogens with two attached hydrogens (primary N) is 1. The van der Waals surface area contributed by atoms with Crippen LogP contribution in [-0.2, 0) is 0 Å². The van der Waals surface area contributed by atoms with Gasteiger partial charge in [-0.25, -0.2) is 4.98 Å². The molecule has 0 bridgehead atoms. The zero-order valence-electron chi connectivity index (χ0n) is 5.73. The largest absolute Gasteiger partial charge is 0.364 e. The van der Waals surface area contributed by atoms with Gasteiger partial charge in [-0.2, -0.15) is 0 Å². The summed E-state index contributed by atoms with van der Waals surface area (Å²) in [4.78, 5) is 14.2. The highest BCUT2D eigenvalue weighted by molar-refractivity contribution is 7.11. The lowest BCUT2D eigenvalue weighted by molar-refractivity contribution is 0.1000. The van der Waals surface area contributed by atoms with E-state index in [9.17, 15) is 4.79 Å². The maximum atomic E-state index is 10.4. The molecule has 0 spiro atoms. The third-order valence-electron chi connectivity index (χ3n) is 0.830. The van der Waals surface area contributed by atoms with Gasteiger partial charge in [0, 0.05) is 11.1 Å². The molecule has 0 saturated carbocycles. The van der Waals surface area contributed by atoms with Crippen molar-refractivity contribution < 1.29 is 4.79 Å². The molecule has 1 amide bonds. The summed E-state index contributed by atoms with van der Waals surface area (Å²) in [6.45, 7) is 1.82. The Morgan fingerprint density at radius 3 is 2.36 bits per heavy atom. The Morgan fingerprint density at radius 1 is 1.64 bits per heavy atom. The van der Waals surface area contributed by atoms with Crippen molar-refractivity contribution in [1.82, 2.24) is 4.98 Å². The Hall–Kier alpha value is -0.320. The van der Waals surface area contributed by atoms with Gasteiger partial charge in [-0.15, -0.1) is 36.2 Å². The second-order valence-electron chi connectivity index (χ2n) is 1.66. The Bertz CT molecular complexity index is 238. The fraction of sp³-hybridized carbons (Fsp3) is 0.200. The quantitative estimate of drug-likeness (QED) is 0.769. The molecular weight excluding hydrogens is 207 g/mol. The van der Waals surface area contributed by atoms with Crippen molar-refractivity contribution in [2.75, 3.05) is 0 Å². The normalized spacial score (nSPS) is 7.73. The molecule has 0 unspecified atom stereocenters. The van der Waals surface area contributed by atoms with E-state index in [4.69, 9.17) is 5.73 Å². The third kappa shape index (κ3) is 3.55. The first-order valence-electron chi connectivity index (χ1n) is 2.42. The lowest BCUT2D eigenvalue weighted by atomic mass is 10.6. The zero-order valence-corrected chi connectivity index (χ0v) is 8.18. The second kappa shape index (κ2) is 5.35. The summed E-state index contributed by atoms with van der Waals surface area (Å²) in [6.07, 6.45) is 0. The number of carbonyl (C=O) groups excluding carboxylic acids is 1. The fourth-order valence-corrected chi connectivity index (χ4v) is 1.11. The number of amides is 1. The molecule has 64 valence electrons. The standard InChI is InChI=1S/C5H6N2OS.2ClH/c1-3-2-9-5(7-3)4(6)8;;/h2H,1H3,(H2,6,8);2*1H. The Balaban J connectivity index is 0. The number of nitrogens with zero attached hydrogens (tertiary/aromatic N) is 1. The highest BCUT2D eigenvalue weighted by Gasteiger charge is 2.02. The van der Waals surface area contributed by atoms with Crippen molar-refractivity contribution in [3.05, 3.63) is 16.1 Å². The molecule has 1 aromatic rings. The number of hydrogen-bond donors (Lipinski definition) is 1. The second-order valence-corrected chi connectivity index (χ2v) is 2.52. The van der Waals surface area contributed by atoms with Crippen LogP contribution < -0.4 is 5.73 Å². The van der Waals surface area contributed by atoms with Crippen LogP contribution in [0, 0.1) is 6.92 Å². The molecule has 3 nitrogen and oxygen atoms in total. The Labute approximate surface area is 80.8 Å². The number of aromatic nitrogens is 1. The van der Waals surface area contributed by atoms with Crippen molar-refractivity contribution in [2.45, 2.75) is 6.92 Å². The number of carbonyl (C=O) groups is 1. The summed E-state index contributed by atoms with van der Waals surface area (Å²) in [5.41, 5.74) is 5.78. The van der Waals surface area contributed by atoms with Gasteiger partial charge in [0.25, 0.3) is 5.91 Å². The Kier molecular flexibility index (Phi) is 6.46. The van der Waals surface area contributed by atoms with E-state index in [1.807, 2.05) is 6.92 Å². The predicted molar refractivity (Wildman–Crippen MR) is 49.9 cm³/mol.